The molecule has 0 radical (unpaired) electrons. The topological polar surface area (TPSA) is 165 Å². The summed E-state index contributed by atoms with van der Waals surface area (Å²) in [4.78, 5) is 29.9. The minimum Gasteiger partial charge on any atom is -0.476 e. The molecule has 3 N–H and O–H groups in total. The van der Waals surface area contributed by atoms with Crippen LogP contribution >= 0.6 is 19.3 Å². The van der Waals surface area contributed by atoms with Crippen LogP contribution in [-0.4, -0.2) is 75.3 Å². The number of rotatable bonds is 11. The van der Waals surface area contributed by atoms with Crippen LogP contribution in [0, 0.1) is 0 Å². The molecule has 2 rings (SSSR count). The zero-order chi connectivity index (χ0) is 20.6. The lowest BCUT2D eigenvalue weighted by Crippen LogP contribution is -2.46. The Morgan fingerprint density at radius 1 is 1.64 bits per heavy atom. The Labute approximate surface area is 164 Å². The van der Waals surface area contributed by atoms with Gasteiger partial charge in [0.05, 0.1) is 19.8 Å². The van der Waals surface area contributed by atoms with Gasteiger partial charge in [-0.2, -0.15) is 14.0 Å². The van der Waals surface area contributed by atoms with Crippen LogP contribution in [0.5, 0.6) is 0 Å². The minimum absolute atomic E-state index is 0.00769. The number of ether oxygens (including phenoxy) is 2. The van der Waals surface area contributed by atoms with Crippen molar-refractivity contribution in [1.29, 1.82) is 0 Å². The van der Waals surface area contributed by atoms with Crippen molar-refractivity contribution in [2.45, 2.75) is 13.2 Å². The van der Waals surface area contributed by atoms with E-state index in [1.54, 1.807) is 6.92 Å². The monoisotopic (exact) mass is 437 g/mol. The lowest BCUT2D eigenvalue weighted by atomic mass is 10.4. The Morgan fingerprint density at radius 3 is 3.11 bits per heavy atom. The van der Waals surface area contributed by atoms with Gasteiger partial charge >= 0.3 is 13.7 Å². The number of anilines is 1. The fourth-order valence-electron chi connectivity index (χ4n) is 1.96. The number of carboxylic acids is 1. The first kappa shape index (κ1) is 22.4. The standard InChI is InChI=1S/C13H20N5O8PS/c1-3-6-25-15-10(12(19)20)11-14-13(28-17-11)16-27(21,22)26-18-5-7-23-8-9(18)24-4-2/h3,9H,1,4-8H2,2H3,(H,19,20)(H2,14,16,17,21,22). The van der Waals surface area contributed by atoms with Gasteiger partial charge in [0.1, 0.15) is 6.61 Å². The molecule has 0 saturated carbocycles. The predicted molar refractivity (Wildman–Crippen MR) is 97.7 cm³/mol. The third-order valence-corrected chi connectivity index (χ3v) is 4.75. The number of nitrogens with zero attached hydrogens (tertiary/aromatic N) is 4. The van der Waals surface area contributed by atoms with Gasteiger partial charge in [0.15, 0.2) is 6.23 Å². The lowest BCUT2D eigenvalue weighted by molar-refractivity contribution is -0.243. The summed E-state index contributed by atoms with van der Waals surface area (Å²) in [7, 11) is -4.39. The molecule has 2 heterocycles. The largest absolute Gasteiger partial charge is 0.476 e. The van der Waals surface area contributed by atoms with Crippen molar-refractivity contribution in [2.75, 3.05) is 38.1 Å². The molecule has 13 nitrogen and oxygen atoms in total. The van der Waals surface area contributed by atoms with Crippen LogP contribution in [0.1, 0.15) is 12.7 Å². The molecule has 15 heteroatoms. The van der Waals surface area contributed by atoms with Gasteiger partial charge in [0.25, 0.3) is 0 Å². The van der Waals surface area contributed by atoms with E-state index in [9.17, 15) is 19.4 Å². The molecule has 1 aromatic rings. The van der Waals surface area contributed by atoms with Crippen LogP contribution in [0.2, 0.25) is 0 Å². The van der Waals surface area contributed by atoms with Crippen molar-refractivity contribution >= 4 is 36.1 Å². The van der Waals surface area contributed by atoms with Crippen LogP contribution in [0.4, 0.5) is 5.13 Å². The van der Waals surface area contributed by atoms with Gasteiger partial charge in [-0.05, 0) is 6.92 Å². The zero-order valence-electron chi connectivity index (χ0n) is 14.9. The number of aliphatic carboxylic acids is 1. The van der Waals surface area contributed by atoms with Crippen molar-refractivity contribution < 1.29 is 38.3 Å². The summed E-state index contributed by atoms with van der Waals surface area (Å²) in [5.74, 6) is -1.72. The first-order valence-electron chi connectivity index (χ1n) is 8.01. The summed E-state index contributed by atoms with van der Waals surface area (Å²) in [5.41, 5.74) is -0.565. The highest BCUT2D eigenvalue weighted by Gasteiger charge is 2.33. The van der Waals surface area contributed by atoms with Crippen LogP contribution < -0.4 is 5.09 Å². The average molecular weight is 437 g/mol. The first-order chi connectivity index (χ1) is 13.4. The Balaban J connectivity index is 2.06. The highest BCUT2D eigenvalue weighted by Crippen LogP contribution is 2.44. The Morgan fingerprint density at radius 2 is 2.43 bits per heavy atom. The third kappa shape index (κ3) is 6.60. The van der Waals surface area contributed by atoms with Crippen molar-refractivity contribution in [1.82, 2.24) is 14.4 Å². The van der Waals surface area contributed by atoms with Crippen molar-refractivity contribution in [2.24, 2.45) is 5.16 Å². The second-order valence-electron chi connectivity index (χ2n) is 5.09. The molecule has 0 aromatic carbocycles. The third-order valence-electron chi connectivity index (χ3n) is 3.04. The summed E-state index contributed by atoms with van der Waals surface area (Å²) >= 11 is 0.656. The molecule has 0 amide bonds. The van der Waals surface area contributed by atoms with Crippen molar-refractivity contribution in [3.05, 3.63) is 18.5 Å². The molecule has 156 valence electrons. The SMILES string of the molecule is C=CCON=C(C(=O)O)c1nsc(NP(=O)(O)ON2CCOCC2OCC)n1. The molecule has 2 atom stereocenters. The van der Waals surface area contributed by atoms with Gasteiger partial charge in [-0.1, -0.05) is 17.8 Å². The Kier molecular flexibility index (Phi) is 8.44. The van der Waals surface area contributed by atoms with Crippen LogP contribution in [-0.2, 0) is 28.3 Å². The maximum atomic E-state index is 12.4. The highest BCUT2D eigenvalue weighted by atomic mass is 32.1. The molecule has 2 unspecified atom stereocenters. The van der Waals surface area contributed by atoms with Gasteiger partial charge in [-0.3, -0.25) is 5.09 Å². The second kappa shape index (κ2) is 10.6. The summed E-state index contributed by atoms with van der Waals surface area (Å²) in [6.07, 6.45) is 0.740. The molecule has 0 spiro atoms. The van der Waals surface area contributed by atoms with E-state index in [0.29, 0.717) is 24.7 Å². The minimum atomic E-state index is -4.39. The molecule has 1 saturated heterocycles. The number of hydrogen-bond acceptors (Lipinski definition) is 11. The average Bonchev–Trinajstić information content (AvgIpc) is 3.07. The number of nitrogens with one attached hydrogen (secondary N) is 1. The van der Waals surface area contributed by atoms with Crippen LogP contribution in [0.15, 0.2) is 17.8 Å². The maximum Gasteiger partial charge on any atom is 0.448 e. The fraction of sp³-hybridized carbons (Fsp3) is 0.538. The van der Waals surface area contributed by atoms with Crippen LogP contribution in [0.3, 0.4) is 0 Å². The number of carbonyl (C=O) groups is 1. The fourth-order valence-corrected chi connectivity index (χ4v) is 3.70. The summed E-state index contributed by atoms with van der Waals surface area (Å²) in [6.45, 7) is 6.23. The van der Waals surface area contributed by atoms with E-state index < -0.39 is 25.7 Å². The first-order valence-corrected chi connectivity index (χ1v) is 10.4. The quantitative estimate of drug-likeness (QED) is 0.146. The molecule has 1 aliphatic rings. The lowest BCUT2D eigenvalue weighted by Gasteiger charge is -2.34. The number of carboxylic acid groups (broad SMARTS) is 1. The van der Waals surface area contributed by atoms with E-state index in [0.717, 1.165) is 0 Å². The zero-order valence-corrected chi connectivity index (χ0v) is 16.6. The number of hydrogen-bond donors (Lipinski definition) is 3. The maximum absolute atomic E-state index is 12.4. The van der Waals surface area contributed by atoms with Gasteiger partial charge in [-0.15, -0.1) is 5.06 Å². The summed E-state index contributed by atoms with van der Waals surface area (Å²) in [6, 6.07) is 0. The van der Waals surface area contributed by atoms with E-state index in [2.05, 4.69) is 26.2 Å². The van der Waals surface area contributed by atoms with E-state index in [-0.39, 0.29) is 30.7 Å². The molecule has 28 heavy (non-hydrogen) atoms. The van der Waals surface area contributed by atoms with E-state index in [4.69, 9.17) is 18.9 Å². The van der Waals surface area contributed by atoms with E-state index in [1.165, 1.54) is 11.1 Å². The van der Waals surface area contributed by atoms with Gasteiger partial charge < -0.3 is 24.3 Å². The van der Waals surface area contributed by atoms with Crippen LogP contribution in [0.25, 0.3) is 0 Å². The summed E-state index contributed by atoms with van der Waals surface area (Å²) in [5, 5.41) is 15.9. The molecule has 1 aromatic heterocycles. The Hall–Kier alpha value is -1.93. The molecule has 0 bridgehead atoms. The van der Waals surface area contributed by atoms with Gasteiger partial charge in [0.2, 0.25) is 16.7 Å². The van der Waals surface area contributed by atoms with Crippen molar-refractivity contribution in [3.8, 4) is 0 Å². The molecule has 1 fully saturated rings. The van der Waals surface area contributed by atoms with Crippen molar-refractivity contribution in [3.63, 3.8) is 0 Å². The van der Waals surface area contributed by atoms with Gasteiger partial charge in [0, 0.05) is 18.1 Å². The molecule has 0 aliphatic carbocycles. The number of hydroxylamine groups is 2. The smallest absolute Gasteiger partial charge is 0.448 e. The predicted octanol–water partition coefficient (Wildman–Crippen LogP) is 0.668. The van der Waals surface area contributed by atoms with E-state index in [1.807, 2.05) is 0 Å². The van der Waals surface area contributed by atoms with Gasteiger partial charge in [-0.25, -0.2) is 9.36 Å². The summed E-state index contributed by atoms with van der Waals surface area (Å²) < 4.78 is 31.9. The normalized spacial score (nSPS) is 20.4. The highest BCUT2D eigenvalue weighted by molar-refractivity contribution is 7.54. The Bertz CT molecular complexity index is 757. The number of aromatic nitrogens is 2. The second-order valence-corrected chi connectivity index (χ2v) is 7.27. The molecular formula is C13H20N5O8PS. The molecular weight excluding hydrogens is 417 g/mol. The van der Waals surface area contributed by atoms with E-state index >= 15 is 0 Å². The number of morpholine rings is 1. The number of oxime groups is 1. The molecule has 1 aliphatic heterocycles.